The number of aliphatic hydroxyl groups is 3. The summed E-state index contributed by atoms with van der Waals surface area (Å²) in [5.74, 6) is -2.75. The largest absolute Gasteiger partial charge is 0.382 e. The molecule has 0 aliphatic carbocycles. The Hall–Kier alpha value is -1.89. The summed E-state index contributed by atoms with van der Waals surface area (Å²) in [7, 11) is 0. The third kappa shape index (κ3) is 3.30. The lowest BCUT2D eigenvalue weighted by atomic mass is 9.78. The molecule has 2 unspecified atom stereocenters. The number of rotatable bonds is 8. The first kappa shape index (κ1) is 18.2. The Morgan fingerprint density at radius 3 is 1.73 bits per heavy atom. The molecule has 2 atom stereocenters. The van der Waals surface area contributed by atoms with Crippen LogP contribution < -0.4 is 0 Å². The summed E-state index contributed by atoms with van der Waals surface area (Å²) < 4.78 is 0. The Morgan fingerprint density at radius 1 is 0.955 bits per heavy atom. The third-order valence-corrected chi connectivity index (χ3v) is 3.54. The van der Waals surface area contributed by atoms with Crippen LogP contribution in [0.1, 0.15) is 37.0 Å². The Labute approximate surface area is 128 Å². The van der Waals surface area contributed by atoms with E-state index in [0.717, 1.165) is 0 Å². The van der Waals surface area contributed by atoms with E-state index < -0.39 is 35.2 Å². The molecule has 0 radical (unpaired) electrons. The van der Waals surface area contributed by atoms with Gasteiger partial charge < -0.3 is 15.3 Å². The zero-order valence-corrected chi connectivity index (χ0v) is 12.5. The molecule has 0 saturated carbocycles. The molecular weight excluding hydrogens is 288 g/mol. The van der Waals surface area contributed by atoms with E-state index in [1.165, 1.54) is 38.1 Å². The molecule has 0 bridgehead atoms. The highest BCUT2D eigenvalue weighted by Crippen LogP contribution is 2.25. The van der Waals surface area contributed by atoms with E-state index in [2.05, 4.69) is 0 Å². The van der Waals surface area contributed by atoms with Gasteiger partial charge in [-0.05, 0) is 0 Å². The molecule has 0 heterocycles. The maximum absolute atomic E-state index is 12.5. The lowest BCUT2D eigenvalue weighted by Gasteiger charge is -2.34. The molecule has 0 amide bonds. The monoisotopic (exact) mass is 308 g/mol. The summed E-state index contributed by atoms with van der Waals surface area (Å²) in [6.45, 7) is 2.87. The van der Waals surface area contributed by atoms with Gasteiger partial charge in [-0.2, -0.15) is 0 Å². The second-order valence-corrected chi connectivity index (χ2v) is 4.97. The van der Waals surface area contributed by atoms with Crippen LogP contribution in [0.15, 0.2) is 30.3 Å². The number of carbonyl (C=O) groups excluding carboxylic acids is 3. The first-order valence-electron chi connectivity index (χ1n) is 7.04. The topological polar surface area (TPSA) is 112 Å². The Balaban J connectivity index is 3.36. The molecule has 0 fully saturated rings. The number of carbonyl (C=O) groups is 3. The van der Waals surface area contributed by atoms with Crippen LogP contribution in [0.3, 0.4) is 0 Å². The molecule has 1 aromatic rings. The van der Waals surface area contributed by atoms with Gasteiger partial charge in [0.1, 0.15) is 0 Å². The van der Waals surface area contributed by atoms with Gasteiger partial charge in [-0.3, -0.25) is 14.4 Å². The Bertz CT molecular complexity index is 529. The molecule has 22 heavy (non-hydrogen) atoms. The lowest BCUT2D eigenvalue weighted by Crippen LogP contribution is -2.63. The van der Waals surface area contributed by atoms with Crippen molar-refractivity contribution in [2.24, 2.45) is 0 Å². The van der Waals surface area contributed by atoms with Gasteiger partial charge in [0.25, 0.3) is 0 Å². The van der Waals surface area contributed by atoms with Crippen molar-refractivity contribution in [1.29, 1.82) is 0 Å². The predicted molar refractivity (Wildman–Crippen MR) is 78.3 cm³/mol. The van der Waals surface area contributed by atoms with Gasteiger partial charge in [-0.15, -0.1) is 0 Å². The van der Waals surface area contributed by atoms with E-state index in [1.807, 2.05) is 0 Å². The standard InChI is InChI=1S/C16H20O6/c1-3-11(17)14(20)16(22,15(21)12(18)4-2)13(19)10-8-6-5-7-9-10/h5-9,14-15,20-22H,3-4H2,1-2H3. The first-order chi connectivity index (χ1) is 10.3. The summed E-state index contributed by atoms with van der Waals surface area (Å²) in [6, 6.07) is 7.40. The van der Waals surface area contributed by atoms with Gasteiger partial charge in [-0.25, -0.2) is 0 Å². The highest BCUT2D eigenvalue weighted by Gasteiger charge is 2.54. The average molecular weight is 308 g/mol. The van der Waals surface area contributed by atoms with Crippen LogP contribution in [0.4, 0.5) is 0 Å². The number of hydrogen-bond acceptors (Lipinski definition) is 6. The predicted octanol–water partition coefficient (Wildman–Crippen LogP) is 0.280. The van der Waals surface area contributed by atoms with Crippen molar-refractivity contribution in [2.45, 2.75) is 44.5 Å². The minimum Gasteiger partial charge on any atom is -0.382 e. The van der Waals surface area contributed by atoms with Crippen molar-refractivity contribution in [2.75, 3.05) is 0 Å². The van der Waals surface area contributed by atoms with E-state index in [-0.39, 0.29) is 18.4 Å². The SMILES string of the molecule is CCC(=O)C(O)C(O)(C(=O)c1ccccc1)C(O)C(=O)CC. The highest BCUT2D eigenvalue weighted by molar-refractivity contribution is 6.09. The maximum atomic E-state index is 12.5. The summed E-state index contributed by atoms with van der Waals surface area (Å²) in [6.07, 6.45) is -4.68. The smallest absolute Gasteiger partial charge is 0.200 e. The number of aliphatic hydroxyl groups excluding tert-OH is 2. The molecule has 0 aliphatic rings. The number of hydrogen-bond donors (Lipinski definition) is 3. The molecule has 0 aliphatic heterocycles. The number of ketones is 3. The quantitative estimate of drug-likeness (QED) is 0.595. The minimum atomic E-state index is -2.90. The van der Waals surface area contributed by atoms with Gasteiger partial charge in [0.05, 0.1) is 0 Å². The van der Waals surface area contributed by atoms with Crippen LogP contribution in [0, 0.1) is 0 Å². The average Bonchev–Trinajstić information content (AvgIpc) is 2.58. The van der Waals surface area contributed by atoms with Gasteiger partial charge in [0.15, 0.2) is 29.4 Å². The van der Waals surface area contributed by atoms with Crippen LogP contribution in [-0.2, 0) is 9.59 Å². The van der Waals surface area contributed by atoms with Gasteiger partial charge in [-0.1, -0.05) is 44.2 Å². The fourth-order valence-electron chi connectivity index (χ4n) is 2.10. The highest BCUT2D eigenvalue weighted by atomic mass is 16.4. The molecule has 6 nitrogen and oxygen atoms in total. The lowest BCUT2D eigenvalue weighted by molar-refractivity contribution is -0.160. The van der Waals surface area contributed by atoms with Gasteiger partial charge in [0.2, 0.25) is 5.78 Å². The molecule has 3 N–H and O–H groups in total. The fourth-order valence-corrected chi connectivity index (χ4v) is 2.10. The minimum absolute atomic E-state index is 0.0177. The third-order valence-electron chi connectivity index (χ3n) is 3.54. The zero-order chi connectivity index (χ0) is 16.9. The van der Waals surface area contributed by atoms with Crippen LogP contribution in [-0.4, -0.2) is 50.5 Å². The second-order valence-electron chi connectivity index (χ2n) is 4.97. The fraction of sp³-hybridized carbons (Fsp3) is 0.438. The molecule has 1 rings (SSSR count). The van der Waals surface area contributed by atoms with Crippen molar-refractivity contribution in [3.05, 3.63) is 35.9 Å². The van der Waals surface area contributed by atoms with Crippen molar-refractivity contribution in [3.63, 3.8) is 0 Å². The van der Waals surface area contributed by atoms with Crippen LogP contribution in [0.5, 0.6) is 0 Å². The van der Waals surface area contributed by atoms with Crippen molar-refractivity contribution >= 4 is 17.3 Å². The molecule has 0 spiro atoms. The van der Waals surface area contributed by atoms with Crippen LogP contribution in [0.25, 0.3) is 0 Å². The van der Waals surface area contributed by atoms with Crippen molar-refractivity contribution in [3.8, 4) is 0 Å². The molecule has 1 aromatic carbocycles. The summed E-state index contributed by atoms with van der Waals surface area (Å²) in [4.78, 5) is 36.0. The summed E-state index contributed by atoms with van der Waals surface area (Å²) in [5, 5.41) is 30.7. The number of Topliss-reactive ketones (excluding diaryl/α,β-unsaturated/α-hetero) is 3. The molecule has 0 saturated heterocycles. The van der Waals surface area contributed by atoms with E-state index in [9.17, 15) is 29.7 Å². The van der Waals surface area contributed by atoms with Crippen LogP contribution in [0.2, 0.25) is 0 Å². The van der Waals surface area contributed by atoms with Crippen LogP contribution >= 0.6 is 0 Å². The normalized spacial score (nSPS) is 16.4. The van der Waals surface area contributed by atoms with Crippen molar-refractivity contribution < 1.29 is 29.7 Å². The van der Waals surface area contributed by atoms with Gasteiger partial charge >= 0.3 is 0 Å². The molecule has 120 valence electrons. The maximum Gasteiger partial charge on any atom is 0.200 e. The number of benzene rings is 1. The van der Waals surface area contributed by atoms with E-state index in [0.29, 0.717) is 0 Å². The van der Waals surface area contributed by atoms with Crippen molar-refractivity contribution in [1.82, 2.24) is 0 Å². The summed E-state index contributed by atoms with van der Waals surface area (Å²) in [5.41, 5.74) is -2.92. The zero-order valence-electron chi connectivity index (χ0n) is 12.5. The molecular formula is C16H20O6. The second kappa shape index (κ2) is 7.40. The first-order valence-corrected chi connectivity index (χ1v) is 7.04. The Morgan fingerprint density at radius 2 is 1.36 bits per heavy atom. The molecule has 6 heteroatoms. The van der Waals surface area contributed by atoms with Gasteiger partial charge in [0, 0.05) is 18.4 Å². The molecule has 0 aromatic heterocycles. The van der Waals surface area contributed by atoms with E-state index in [1.54, 1.807) is 6.07 Å². The summed E-state index contributed by atoms with van der Waals surface area (Å²) >= 11 is 0. The van der Waals surface area contributed by atoms with E-state index in [4.69, 9.17) is 0 Å². The van der Waals surface area contributed by atoms with E-state index >= 15 is 0 Å². The Kier molecular flexibility index (Phi) is 6.11.